The van der Waals surface area contributed by atoms with Gasteiger partial charge in [-0.15, -0.1) is 11.8 Å². The third kappa shape index (κ3) is 8.97. The number of carbonyl (C=O) groups is 2. The predicted octanol–water partition coefficient (Wildman–Crippen LogP) is 5.79. The summed E-state index contributed by atoms with van der Waals surface area (Å²) in [5.74, 6) is 1.65. The summed E-state index contributed by atoms with van der Waals surface area (Å²) in [7, 11) is 1.65. The van der Waals surface area contributed by atoms with Crippen molar-refractivity contribution in [3.8, 4) is 5.75 Å². The van der Waals surface area contributed by atoms with Gasteiger partial charge in [0.05, 0.1) is 12.9 Å². The second kappa shape index (κ2) is 14.5. The summed E-state index contributed by atoms with van der Waals surface area (Å²) in [6, 6.07) is 25.4. The molecule has 0 heterocycles. The van der Waals surface area contributed by atoms with E-state index in [9.17, 15) is 9.59 Å². The number of aryl methyl sites for hydroxylation is 1. The van der Waals surface area contributed by atoms with Gasteiger partial charge in [0.15, 0.2) is 0 Å². The monoisotopic (exact) mass is 518 g/mol. The summed E-state index contributed by atoms with van der Waals surface area (Å²) in [4.78, 5) is 29.0. The maximum absolute atomic E-state index is 13.7. The SMILES string of the molecule is CC[C@@H](C)NC(=O)[C@@H](Cc1ccccc1)N(Cc1ccc(C)cc1)C(=O)CSCc1ccc(OC)cc1. The molecule has 0 saturated heterocycles. The normalized spacial score (nSPS) is 12.4. The zero-order valence-electron chi connectivity index (χ0n) is 22.3. The summed E-state index contributed by atoms with van der Waals surface area (Å²) in [5.41, 5.74) is 4.32. The maximum atomic E-state index is 13.7. The van der Waals surface area contributed by atoms with Gasteiger partial charge in [-0.2, -0.15) is 0 Å². The fraction of sp³-hybridized carbons (Fsp3) is 0.355. The van der Waals surface area contributed by atoms with Crippen LogP contribution in [-0.2, 0) is 28.3 Å². The Hall–Kier alpha value is -3.25. The molecule has 5 nitrogen and oxygen atoms in total. The molecular formula is C31H38N2O3S. The second-order valence-corrected chi connectivity index (χ2v) is 10.4. The Kier molecular flexibility index (Phi) is 11.1. The number of nitrogens with one attached hydrogen (secondary N) is 1. The molecule has 0 saturated carbocycles. The number of rotatable bonds is 13. The van der Waals surface area contributed by atoms with Gasteiger partial charge in [0.25, 0.3) is 0 Å². The molecule has 0 spiro atoms. The molecule has 3 rings (SSSR count). The van der Waals surface area contributed by atoms with Gasteiger partial charge in [-0.25, -0.2) is 0 Å². The van der Waals surface area contributed by atoms with Crippen molar-refractivity contribution >= 4 is 23.6 Å². The number of hydrogen-bond donors (Lipinski definition) is 1. The van der Waals surface area contributed by atoms with Crippen molar-refractivity contribution in [3.05, 3.63) is 101 Å². The molecule has 6 heteroatoms. The first-order chi connectivity index (χ1) is 17.9. The molecule has 37 heavy (non-hydrogen) atoms. The predicted molar refractivity (Wildman–Crippen MR) is 153 cm³/mol. The van der Waals surface area contributed by atoms with Gasteiger partial charge in [0.2, 0.25) is 11.8 Å². The Morgan fingerprint density at radius 3 is 2.19 bits per heavy atom. The largest absolute Gasteiger partial charge is 0.497 e. The van der Waals surface area contributed by atoms with Gasteiger partial charge in [-0.3, -0.25) is 9.59 Å². The highest BCUT2D eigenvalue weighted by Crippen LogP contribution is 2.20. The Balaban J connectivity index is 1.82. The Bertz CT molecular complexity index is 1120. The van der Waals surface area contributed by atoms with Crippen LogP contribution in [0, 0.1) is 6.92 Å². The van der Waals surface area contributed by atoms with Crippen LogP contribution in [0.4, 0.5) is 0 Å². The number of carbonyl (C=O) groups excluding carboxylic acids is 2. The van der Waals surface area contributed by atoms with E-state index in [2.05, 4.69) is 5.32 Å². The summed E-state index contributed by atoms with van der Waals surface area (Å²) < 4.78 is 5.23. The van der Waals surface area contributed by atoms with Crippen molar-refractivity contribution in [1.82, 2.24) is 10.2 Å². The number of benzene rings is 3. The standard InChI is InChI=1S/C31H38N2O3S/c1-5-24(3)32-31(35)29(19-25-9-7-6-8-10-25)33(20-26-13-11-23(2)12-14-26)30(34)22-37-21-27-15-17-28(36-4)18-16-27/h6-18,24,29H,5,19-22H2,1-4H3,(H,32,35)/t24-,29-/m1/s1. The van der Waals surface area contributed by atoms with Crippen LogP contribution in [0.15, 0.2) is 78.9 Å². The molecule has 0 aliphatic rings. The van der Waals surface area contributed by atoms with Gasteiger partial charge in [0.1, 0.15) is 11.8 Å². The number of hydrogen-bond acceptors (Lipinski definition) is 4. The van der Waals surface area contributed by atoms with Crippen molar-refractivity contribution in [2.75, 3.05) is 12.9 Å². The fourth-order valence-electron chi connectivity index (χ4n) is 3.95. The summed E-state index contributed by atoms with van der Waals surface area (Å²) in [5, 5.41) is 3.12. The summed E-state index contributed by atoms with van der Waals surface area (Å²) in [6.07, 6.45) is 1.29. The van der Waals surface area contributed by atoms with Crippen molar-refractivity contribution in [2.24, 2.45) is 0 Å². The summed E-state index contributed by atoms with van der Waals surface area (Å²) >= 11 is 1.56. The van der Waals surface area contributed by atoms with E-state index in [0.29, 0.717) is 24.5 Å². The number of thioether (sulfide) groups is 1. The van der Waals surface area contributed by atoms with Crippen LogP contribution >= 0.6 is 11.8 Å². The highest BCUT2D eigenvalue weighted by Gasteiger charge is 2.30. The lowest BCUT2D eigenvalue weighted by molar-refractivity contribution is -0.139. The van der Waals surface area contributed by atoms with Gasteiger partial charge < -0.3 is 15.0 Å². The van der Waals surface area contributed by atoms with Gasteiger partial charge >= 0.3 is 0 Å². The topological polar surface area (TPSA) is 58.6 Å². The van der Waals surface area contributed by atoms with Crippen LogP contribution in [0.3, 0.4) is 0 Å². The highest BCUT2D eigenvalue weighted by molar-refractivity contribution is 7.99. The third-order valence-electron chi connectivity index (χ3n) is 6.40. The van der Waals surface area contributed by atoms with Crippen molar-refractivity contribution in [2.45, 2.75) is 58.0 Å². The lowest BCUT2D eigenvalue weighted by atomic mass is 10.0. The highest BCUT2D eigenvalue weighted by atomic mass is 32.2. The summed E-state index contributed by atoms with van der Waals surface area (Å²) in [6.45, 7) is 6.46. The molecule has 0 radical (unpaired) electrons. The van der Waals surface area contributed by atoms with E-state index >= 15 is 0 Å². The quantitative estimate of drug-likeness (QED) is 0.311. The molecule has 0 bridgehead atoms. The first-order valence-corrected chi connectivity index (χ1v) is 13.9. The fourth-order valence-corrected chi connectivity index (χ4v) is 4.82. The smallest absolute Gasteiger partial charge is 0.243 e. The van der Waals surface area contributed by atoms with Crippen LogP contribution in [-0.4, -0.2) is 41.7 Å². The first kappa shape index (κ1) is 28.3. The van der Waals surface area contributed by atoms with Crippen LogP contribution in [0.2, 0.25) is 0 Å². The Morgan fingerprint density at radius 1 is 0.919 bits per heavy atom. The van der Waals surface area contributed by atoms with Crippen molar-refractivity contribution in [3.63, 3.8) is 0 Å². The van der Waals surface area contributed by atoms with Gasteiger partial charge in [0, 0.05) is 24.8 Å². The zero-order chi connectivity index (χ0) is 26.6. The van der Waals surface area contributed by atoms with Crippen LogP contribution < -0.4 is 10.1 Å². The molecule has 0 aromatic heterocycles. The molecule has 2 amide bonds. The zero-order valence-corrected chi connectivity index (χ0v) is 23.1. The minimum absolute atomic E-state index is 0.0338. The molecule has 0 aliphatic carbocycles. The van der Waals surface area contributed by atoms with E-state index in [0.717, 1.165) is 34.4 Å². The van der Waals surface area contributed by atoms with E-state index < -0.39 is 6.04 Å². The number of nitrogens with zero attached hydrogens (tertiary/aromatic N) is 1. The number of methoxy groups -OCH3 is 1. The molecule has 1 N–H and O–H groups in total. The molecule has 0 fully saturated rings. The van der Waals surface area contributed by atoms with Crippen LogP contribution in [0.25, 0.3) is 0 Å². The molecule has 0 unspecified atom stereocenters. The average molecular weight is 519 g/mol. The average Bonchev–Trinajstić information content (AvgIpc) is 2.92. The molecule has 2 atom stereocenters. The van der Waals surface area contributed by atoms with E-state index in [4.69, 9.17) is 4.74 Å². The van der Waals surface area contributed by atoms with Crippen molar-refractivity contribution in [1.29, 1.82) is 0 Å². The Labute approximate surface area is 225 Å². The van der Waals surface area contributed by atoms with Gasteiger partial charge in [-0.05, 0) is 49.1 Å². The van der Waals surface area contributed by atoms with E-state index in [-0.39, 0.29) is 17.9 Å². The van der Waals surface area contributed by atoms with E-state index in [1.54, 1.807) is 23.8 Å². The van der Waals surface area contributed by atoms with Crippen LogP contribution in [0.5, 0.6) is 5.75 Å². The Morgan fingerprint density at radius 2 is 1.57 bits per heavy atom. The molecule has 3 aromatic rings. The van der Waals surface area contributed by atoms with Crippen molar-refractivity contribution < 1.29 is 14.3 Å². The molecular weight excluding hydrogens is 480 g/mol. The third-order valence-corrected chi connectivity index (χ3v) is 7.39. The second-order valence-electron chi connectivity index (χ2n) is 9.37. The molecule has 0 aliphatic heterocycles. The van der Waals surface area contributed by atoms with E-state index in [1.165, 1.54) is 0 Å². The van der Waals surface area contributed by atoms with Crippen LogP contribution in [0.1, 0.15) is 42.5 Å². The first-order valence-electron chi connectivity index (χ1n) is 12.8. The number of amides is 2. The maximum Gasteiger partial charge on any atom is 0.243 e. The van der Waals surface area contributed by atoms with E-state index in [1.807, 2.05) is 99.6 Å². The molecule has 196 valence electrons. The molecule has 3 aromatic carbocycles. The number of ether oxygens (including phenoxy) is 1. The van der Waals surface area contributed by atoms with Gasteiger partial charge in [-0.1, -0.05) is 79.2 Å². The lowest BCUT2D eigenvalue weighted by Gasteiger charge is -2.32. The minimum atomic E-state index is -0.605. The lowest BCUT2D eigenvalue weighted by Crippen LogP contribution is -2.52. The minimum Gasteiger partial charge on any atom is -0.497 e.